The Kier molecular flexibility index (Phi) is 5.60. The zero-order chi connectivity index (χ0) is 20.1. The largest absolute Gasteiger partial charge is 0.364 e. The van der Waals surface area contributed by atoms with E-state index in [4.69, 9.17) is 0 Å². The van der Waals surface area contributed by atoms with Crippen LogP contribution in [0, 0.1) is 5.92 Å². The van der Waals surface area contributed by atoms with E-state index in [1.165, 1.54) is 12.3 Å². The molecule has 29 heavy (non-hydrogen) atoms. The lowest BCUT2D eigenvalue weighted by Gasteiger charge is -2.28. The quantitative estimate of drug-likeness (QED) is 0.692. The molecule has 0 aliphatic heterocycles. The minimum atomic E-state index is -0.250. The Morgan fingerprint density at radius 3 is 2.41 bits per heavy atom. The summed E-state index contributed by atoms with van der Waals surface area (Å²) in [5, 5.41) is 9.42. The Hall–Kier alpha value is -3.55. The number of rotatable bonds is 5. The van der Waals surface area contributed by atoms with Gasteiger partial charge in [0.15, 0.2) is 11.5 Å². The molecule has 0 atom stereocenters. The maximum Gasteiger partial charge on any atom is 0.273 e. The second kappa shape index (κ2) is 8.64. The van der Waals surface area contributed by atoms with E-state index in [9.17, 15) is 9.59 Å². The monoisotopic (exact) mass is 391 g/mol. The summed E-state index contributed by atoms with van der Waals surface area (Å²) >= 11 is 0. The van der Waals surface area contributed by atoms with Crippen molar-refractivity contribution in [1.29, 1.82) is 0 Å². The molecule has 3 aromatic rings. The average molecular weight is 391 g/mol. The van der Waals surface area contributed by atoms with Crippen molar-refractivity contribution in [1.82, 2.24) is 20.4 Å². The number of anilines is 1. The second-order valence-electron chi connectivity index (χ2n) is 7.05. The molecule has 0 unspecified atom stereocenters. The van der Waals surface area contributed by atoms with Crippen LogP contribution in [-0.4, -0.2) is 33.0 Å². The summed E-state index contributed by atoms with van der Waals surface area (Å²) in [6.45, 7) is 0. The third kappa shape index (κ3) is 4.66. The Bertz CT molecular complexity index is 950. The molecule has 1 saturated carbocycles. The van der Waals surface area contributed by atoms with Crippen LogP contribution in [0.5, 0.6) is 0 Å². The summed E-state index contributed by atoms with van der Waals surface area (Å²) in [5.74, 6) is 0.0235. The molecule has 0 bridgehead atoms. The summed E-state index contributed by atoms with van der Waals surface area (Å²) in [6.07, 6.45) is 7.47. The van der Waals surface area contributed by atoms with Gasteiger partial charge in [-0.15, -0.1) is 0 Å². The van der Waals surface area contributed by atoms with Gasteiger partial charge in [0.2, 0.25) is 5.91 Å². The fourth-order valence-corrected chi connectivity index (χ4v) is 3.47. The predicted octanol–water partition coefficient (Wildman–Crippen LogP) is 3.06. The van der Waals surface area contributed by atoms with E-state index in [0.29, 0.717) is 18.7 Å². The van der Waals surface area contributed by atoms with Gasteiger partial charge in [0.1, 0.15) is 6.26 Å². The van der Waals surface area contributed by atoms with E-state index in [1.54, 1.807) is 12.4 Å². The van der Waals surface area contributed by atoms with Gasteiger partial charge >= 0.3 is 0 Å². The number of hydrogen-bond donors (Lipinski definition) is 2. The van der Waals surface area contributed by atoms with Crippen LogP contribution in [0.3, 0.4) is 0 Å². The number of nitrogens with one attached hydrogen (secondary N) is 2. The molecule has 2 amide bonds. The molecule has 4 rings (SSSR count). The third-order valence-electron chi connectivity index (χ3n) is 5.08. The van der Waals surface area contributed by atoms with E-state index in [-0.39, 0.29) is 29.5 Å². The minimum absolute atomic E-state index is 0.0354. The van der Waals surface area contributed by atoms with Gasteiger partial charge in [-0.1, -0.05) is 35.5 Å². The van der Waals surface area contributed by atoms with Gasteiger partial charge < -0.3 is 15.2 Å². The Morgan fingerprint density at radius 2 is 1.76 bits per heavy atom. The first kappa shape index (κ1) is 18.8. The zero-order valence-corrected chi connectivity index (χ0v) is 15.7. The molecule has 0 saturated heterocycles. The predicted molar refractivity (Wildman–Crippen MR) is 106 cm³/mol. The maximum absolute atomic E-state index is 12.5. The van der Waals surface area contributed by atoms with Gasteiger partial charge in [-0.25, -0.2) is 4.98 Å². The first-order valence-corrected chi connectivity index (χ1v) is 9.58. The number of hydrogen-bond acceptors (Lipinski definition) is 6. The molecule has 2 aromatic heterocycles. The molecule has 1 aliphatic rings. The van der Waals surface area contributed by atoms with E-state index >= 15 is 0 Å². The first-order valence-electron chi connectivity index (χ1n) is 9.58. The summed E-state index contributed by atoms with van der Waals surface area (Å²) < 4.78 is 4.69. The molecule has 0 spiro atoms. The van der Waals surface area contributed by atoms with E-state index in [0.717, 1.165) is 24.1 Å². The Labute approximate surface area is 167 Å². The molecule has 2 heterocycles. The normalized spacial score (nSPS) is 18.8. The molecule has 148 valence electrons. The summed E-state index contributed by atoms with van der Waals surface area (Å²) in [4.78, 5) is 33.3. The van der Waals surface area contributed by atoms with Crippen molar-refractivity contribution in [2.75, 3.05) is 5.32 Å². The molecule has 1 aliphatic carbocycles. The van der Waals surface area contributed by atoms with Crippen molar-refractivity contribution in [2.45, 2.75) is 31.7 Å². The molecule has 0 radical (unpaired) electrons. The van der Waals surface area contributed by atoms with Crippen LogP contribution in [0.4, 0.5) is 5.82 Å². The van der Waals surface area contributed by atoms with Crippen LogP contribution in [0.2, 0.25) is 0 Å². The first-order chi connectivity index (χ1) is 14.2. The second-order valence-corrected chi connectivity index (χ2v) is 7.05. The van der Waals surface area contributed by atoms with Crippen molar-refractivity contribution >= 4 is 17.6 Å². The van der Waals surface area contributed by atoms with Gasteiger partial charge in [-0.05, 0) is 25.7 Å². The molecule has 1 aromatic carbocycles. The SMILES string of the molecule is O=C(NC1CCC(C(=O)Nc2cnc(-c3ccccc3)cn2)CC1)c1ccon1. The molecular weight excluding hydrogens is 370 g/mol. The highest BCUT2D eigenvalue weighted by Crippen LogP contribution is 2.26. The number of carbonyl (C=O) groups excluding carboxylic acids is 2. The smallest absolute Gasteiger partial charge is 0.273 e. The number of nitrogens with zero attached hydrogens (tertiary/aromatic N) is 3. The van der Waals surface area contributed by atoms with Crippen LogP contribution in [0.25, 0.3) is 11.3 Å². The number of aromatic nitrogens is 3. The van der Waals surface area contributed by atoms with Crippen molar-refractivity contribution in [3.63, 3.8) is 0 Å². The highest BCUT2D eigenvalue weighted by atomic mass is 16.5. The lowest BCUT2D eigenvalue weighted by molar-refractivity contribution is -0.120. The lowest BCUT2D eigenvalue weighted by Crippen LogP contribution is -2.39. The van der Waals surface area contributed by atoms with Crippen LogP contribution in [0.1, 0.15) is 36.2 Å². The van der Waals surface area contributed by atoms with Crippen molar-refractivity contribution in [3.8, 4) is 11.3 Å². The van der Waals surface area contributed by atoms with Crippen LogP contribution >= 0.6 is 0 Å². The fourth-order valence-electron chi connectivity index (χ4n) is 3.47. The third-order valence-corrected chi connectivity index (χ3v) is 5.08. The average Bonchev–Trinajstić information content (AvgIpc) is 3.31. The van der Waals surface area contributed by atoms with E-state index in [2.05, 4.69) is 30.3 Å². The van der Waals surface area contributed by atoms with Crippen LogP contribution < -0.4 is 10.6 Å². The Balaban J connectivity index is 1.27. The van der Waals surface area contributed by atoms with Gasteiger partial charge in [0.25, 0.3) is 5.91 Å². The van der Waals surface area contributed by atoms with Gasteiger partial charge in [0.05, 0.1) is 18.1 Å². The minimum Gasteiger partial charge on any atom is -0.364 e. The zero-order valence-electron chi connectivity index (χ0n) is 15.7. The number of carbonyl (C=O) groups is 2. The van der Waals surface area contributed by atoms with Crippen LogP contribution in [-0.2, 0) is 4.79 Å². The van der Waals surface area contributed by atoms with Gasteiger partial charge in [-0.3, -0.25) is 14.6 Å². The lowest BCUT2D eigenvalue weighted by atomic mass is 9.85. The summed E-state index contributed by atoms with van der Waals surface area (Å²) in [5.41, 5.74) is 2.00. The highest BCUT2D eigenvalue weighted by molar-refractivity contribution is 5.92. The molecule has 1 fully saturated rings. The topological polar surface area (TPSA) is 110 Å². The standard InChI is InChI=1S/C21H21N5O3/c27-20(25-19-13-22-18(12-23-19)14-4-2-1-3-5-14)15-6-8-16(9-7-15)24-21(28)17-10-11-29-26-17/h1-5,10-13,15-16H,6-9H2,(H,24,28)(H,23,25,27). The van der Waals surface area contributed by atoms with Crippen molar-refractivity contribution in [3.05, 3.63) is 60.7 Å². The van der Waals surface area contributed by atoms with E-state index in [1.807, 2.05) is 30.3 Å². The van der Waals surface area contributed by atoms with Crippen LogP contribution in [0.15, 0.2) is 59.6 Å². The molecule has 8 heteroatoms. The summed E-state index contributed by atoms with van der Waals surface area (Å²) in [7, 11) is 0. The van der Waals surface area contributed by atoms with E-state index < -0.39 is 0 Å². The number of benzene rings is 1. The van der Waals surface area contributed by atoms with Crippen molar-refractivity contribution < 1.29 is 14.1 Å². The molecule has 8 nitrogen and oxygen atoms in total. The Morgan fingerprint density at radius 1 is 0.966 bits per heavy atom. The van der Waals surface area contributed by atoms with Gasteiger partial charge in [0, 0.05) is 23.6 Å². The van der Waals surface area contributed by atoms with Gasteiger partial charge in [-0.2, -0.15) is 0 Å². The maximum atomic E-state index is 12.5. The van der Waals surface area contributed by atoms with Crippen molar-refractivity contribution in [2.24, 2.45) is 5.92 Å². The highest BCUT2D eigenvalue weighted by Gasteiger charge is 2.28. The summed E-state index contributed by atoms with van der Waals surface area (Å²) in [6, 6.07) is 11.3. The molecular formula is C21H21N5O3. The number of amides is 2. The fraction of sp³-hybridized carbons (Fsp3) is 0.286. The molecule has 2 N–H and O–H groups in total.